The summed E-state index contributed by atoms with van der Waals surface area (Å²) in [5, 5.41) is 4.64. The van der Waals surface area contributed by atoms with Gasteiger partial charge in [-0.1, -0.05) is 25.5 Å². The zero-order valence-electron chi connectivity index (χ0n) is 14.6. The van der Waals surface area contributed by atoms with Crippen molar-refractivity contribution in [3.63, 3.8) is 0 Å². The summed E-state index contributed by atoms with van der Waals surface area (Å²) in [5.74, 6) is 0. The molecule has 2 heterocycles. The van der Waals surface area contributed by atoms with Crippen molar-refractivity contribution in [1.29, 1.82) is 0 Å². The van der Waals surface area contributed by atoms with Crippen LogP contribution in [-0.2, 0) is 6.42 Å². The number of pyridine rings is 1. The van der Waals surface area contributed by atoms with Crippen molar-refractivity contribution in [2.75, 3.05) is 5.32 Å². The van der Waals surface area contributed by atoms with Gasteiger partial charge in [0.05, 0.1) is 11.2 Å². The molecule has 4 rings (SSSR count). The lowest BCUT2D eigenvalue weighted by Crippen LogP contribution is -1.96. The van der Waals surface area contributed by atoms with Crippen LogP contribution in [0.25, 0.3) is 21.9 Å². The van der Waals surface area contributed by atoms with Crippen LogP contribution >= 0.6 is 0 Å². The normalized spacial score (nSPS) is 11.3. The topological polar surface area (TPSA) is 53.6 Å². The highest BCUT2D eigenvalue weighted by Crippen LogP contribution is 2.31. The molecule has 0 amide bonds. The van der Waals surface area contributed by atoms with Crippen molar-refractivity contribution in [1.82, 2.24) is 15.0 Å². The Hall–Kier alpha value is -2.88. The third-order valence-corrected chi connectivity index (χ3v) is 4.55. The molecular weight excluding hydrogens is 308 g/mol. The Morgan fingerprint density at radius 2 is 1.88 bits per heavy atom. The van der Waals surface area contributed by atoms with Gasteiger partial charge in [0.25, 0.3) is 0 Å². The molecule has 4 aromatic rings. The maximum Gasteiger partial charge on any atom is 0.116 e. The van der Waals surface area contributed by atoms with E-state index in [2.05, 4.69) is 70.5 Å². The zero-order valence-corrected chi connectivity index (χ0v) is 14.6. The highest BCUT2D eigenvalue weighted by molar-refractivity contribution is 6.10. The fraction of sp³-hybridized carbons (Fsp3) is 0.238. The molecule has 4 nitrogen and oxygen atoms in total. The van der Waals surface area contributed by atoms with E-state index in [1.54, 1.807) is 6.33 Å². The number of fused-ring (bicyclic) bond motifs is 3. The molecule has 0 radical (unpaired) electrons. The van der Waals surface area contributed by atoms with Crippen LogP contribution in [-0.4, -0.2) is 15.0 Å². The van der Waals surface area contributed by atoms with Gasteiger partial charge in [-0.25, -0.2) is 9.97 Å². The minimum atomic E-state index is 0.919. The van der Waals surface area contributed by atoms with Gasteiger partial charge in [0.1, 0.15) is 11.8 Å². The highest BCUT2D eigenvalue weighted by atomic mass is 14.9. The fourth-order valence-corrected chi connectivity index (χ4v) is 3.27. The molecule has 0 saturated heterocycles. The summed E-state index contributed by atoms with van der Waals surface area (Å²) in [6.45, 7) is 4.29. The monoisotopic (exact) mass is 330 g/mol. The summed E-state index contributed by atoms with van der Waals surface area (Å²) >= 11 is 0. The average molecular weight is 330 g/mol. The Bertz CT molecular complexity index is 1020. The van der Waals surface area contributed by atoms with Gasteiger partial charge in [0.2, 0.25) is 0 Å². The van der Waals surface area contributed by atoms with Gasteiger partial charge >= 0.3 is 0 Å². The van der Waals surface area contributed by atoms with Crippen molar-refractivity contribution in [3.05, 3.63) is 60.0 Å². The van der Waals surface area contributed by atoms with E-state index in [4.69, 9.17) is 0 Å². The number of anilines is 2. The Balaban J connectivity index is 1.74. The van der Waals surface area contributed by atoms with Gasteiger partial charge in [-0.05, 0) is 55.7 Å². The van der Waals surface area contributed by atoms with Crippen molar-refractivity contribution in [2.24, 2.45) is 0 Å². The van der Waals surface area contributed by atoms with E-state index < -0.39 is 0 Å². The van der Waals surface area contributed by atoms with Crippen LogP contribution in [0, 0.1) is 6.92 Å². The Kier molecular flexibility index (Phi) is 4.10. The van der Waals surface area contributed by atoms with Crippen LogP contribution in [0.15, 0.2) is 48.8 Å². The number of rotatable bonds is 5. The summed E-state index contributed by atoms with van der Waals surface area (Å²) in [6.07, 6.45) is 5.22. The number of hydrogen-bond donors (Lipinski definition) is 2. The van der Waals surface area contributed by atoms with Gasteiger partial charge in [0, 0.05) is 22.3 Å². The Morgan fingerprint density at radius 3 is 2.68 bits per heavy atom. The molecule has 0 aliphatic rings. The molecule has 0 spiro atoms. The van der Waals surface area contributed by atoms with Gasteiger partial charge in [-0.2, -0.15) is 0 Å². The van der Waals surface area contributed by atoms with E-state index in [9.17, 15) is 0 Å². The summed E-state index contributed by atoms with van der Waals surface area (Å²) in [5.41, 5.74) is 7.54. The van der Waals surface area contributed by atoms with Crippen molar-refractivity contribution >= 4 is 33.3 Å². The number of unbranched alkanes of at least 4 members (excludes halogenated alkanes) is 1. The molecule has 4 heteroatoms. The molecule has 126 valence electrons. The second kappa shape index (κ2) is 6.55. The molecule has 0 saturated carbocycles. The van der Waals surface area contributed by atoms with Crippen molar-refractivity contribution in [2.45, 2.75) is 33.1 Å². The number of nitrogens with one attached hydrogen (secondary N) is 2. The van der Waals surface area contributed by atoms with Crippen LogP contribution in [0.1, 0.15) is 31.0 Å². The van der Waals surface area contributed by atoms with E-state index >= 15 is 0 Å². The lowest BCUT2D eigenvalue weighted by molar-refractivity contribution is 0.795. The number of aromatic amines is 1. The lowest BCUT2D eigenvalue weighted by atomic mass is 10.1. The van der Waals surface area contributed by atoms with Gasteiger partial charge < -0.3 is 10.3 Å². The van der Waals surface area contributed by atoms with E-state index in [0.717, 1.165) is 45.4 Å². The fourth-order valence-electron chi connectivity index (χ4n) is 3.27. The molecular formula is C21H22N4. The number of hydrogen-bond acceptors (Lipinski definition) is 3. The second-order valence-electron chi connectivity index (χ2n) is 6.52. The number of aromatic nitrogens is 3. The van der Waals surface area contributed by atoms with Crippen LogP contribution < -0.4 is 5.32 Å². The van der Waals surface area contributed by atoms with E-state index in [1.807, 2.05) is 6.07 Å². The molecule has 25 heavy (non-hydrogen) atoms. The number of imidazole rings is 1. The molecule has 0 unspecified atom stereocenters. The van der Waals surface area contributed by atoms with Crippen molar-refractivity contribution < 1.29 is 0 Å². The summed E-state index contributed by atoms with van der Waals surface area (Å²) in [7, 11) is 0. The lowest BCUT2D eigenvalue weighted by Gasteiger charge is -2.13. The first kappa shape index (κ1) is 15.6. The molecule has 2 aromatic carbocycles. The maximum atomic E-state index is 4.46. The molecule has 0 aliphatic heterocycles. The third kappa shape index (κ3) is 3.07. The predicted octanol–water partition coefficient (Wildman–Crippen LogP) is 5.51. The quantitative estimate of drug-likeness (QED) is 0.507. The van der Waals surface area contributed by atoms with Crippen LogP contribution in [0.2, 0.25) is 0 Å². The number of benzene rings is 2. The van der Waals surface area contributed by atoms with Crippen LogP contribution in [0.5, 0.6) is 0 Å². The largest absolute Gasteiger partial charge is 0.358 e. The Labute approximate surface area is 147 Å². The molecule has 0 fully saturated rings. The number of nitrogens with zero attached hydrogens (tertiary/aromatic N) is 2. The SMILES string of the molecule is CCCCc1ccc(Nc2cc(C)[nH]c3ccc4ncnc4c23)cc1. The average Bonchev–Trinajstić information content (AvgIpc) is 3.09. The summed E-state index contributed by atoms with van der Waals surface area (Å²) in [4.78, 5) is 12.2. The summed E-state index contributed by atoms with van der Waals surface area (Å²) < 4.78 is 0. The van der Waals surface area contributed by atoms with E-state index in [1.165, 1.54) is 18.4 Å². The number of aryl methyl sites for hydroxylation is 2. The molecule has 2 N–H and O–H groups in total. The predicted molar refractivity (Wildman–Crippen MR) is 104 cm³/mol. The first-order valence-corrected chi connectivity index (χ1v) is 8.83. The minimum Gasteiger partial charge on any atom is -0.358 e. The molecule has 0 aliphatic carbocycles. The third-order valence-electron chi connectivity index (χ3n) is 4.55. The molecule has 0 bridgehead atoms. The van der Waals surface area contributed by atoms with Crippen LogP contribution in [0.4, 0.5) is 11.4 Å². The first-order chi connectivity index (χ1) is 12.2. The zero-order chi connectivity index (χ0) is 17.2. The molecule has 2 aromatic heterocycles. The maximum absolute atomic E-state index is 4.46. The van der Waals surface area contributed by atoms with E-state index in [-0.39, 0.29) is 0 Å². The smallest absolute Gasteiger partial charge is 0.116 e. The number of H-pyrrole nitrogens is 1. The second-order valence-corrected chi connectivity index (χ2v) is 6.52. The highest BCUT2D eigenvalue weighted by Gasteiger charge is 2.10. The van der Waals surface area contributed by atoms with Gasteiger partial charge in [-0.3, -0.25) is 0 Å². The minimum absolute atomic E-state index is 0.919. The van der Waals surface area contributed by atoms with Crippen molar-refractivity contribution in [3.8, 4) is 0 Å². The summed E-state index contributed by atoms with van der Waals surface area (Å²) in [6, 6.07) is 14.9. The first-order valence-electron chi connectivity index (χ1n) is 8.83. The molecule has 0 atom stereocenters. The van der Waals surface area contributed by atoms with Crippen LogP contribution in [0.3, 0.4) is 0 Å². The standard InChI is InChI=1S/C21H22N4/c1-3-4-5-15-6-8-16(9-7-15)25-19-12-14(2)24-17-10-11-18-21(20(17)19)23-13-22-18/h6-13,24-25H,3-5H2,1-2H3. The Morgan fingerprint density at radius 1 is 1.04 bits per heavy atom. The van der Waals surface area contributed by atoms with E-state index in [0.29, 0.717) is 0 Å². The van der Waals surface area contributed by atoms with Gasteiger partial charge in [-0.15, -0.1) is 0 Å². The van der Waals surface area contributed by atoms with Gasteiger partial charge in [0.15, 0.2) is 0 Å².